The van der Waals surface area contributed by atoms with E-state index in [0.29, 0.717) is 6.42 Å². The van der Waals surface area contributed by atoms with Gasteiger partial charge in [-0.25, -0.2) is 0 Å². The van der Waals surface area contributed by atoms with Crippen LogP contribution in [-0.2, 0) is 12.0 Å². The summed E-state index contributed by atoms with van der Waals surface area (Å²) in [5, 5.41) is 11.0. The third-order valence-electron chi connectivity index (χ3n) is 3.89. The van der Waals surface area contributed by atoms with Gasteiger partial charge < -0.3 is 10.1 Å². The van der Waals surface area contributed by atoms with E-state index in [9.17, 15) is 9.90 Å². The van der Waals surface area contributed by atoms with Crippen molar-refractivity contribution in [3.8, 4) is 0 Å². The highest BCUT2D eigenvalue weighted by Crippen LogP contribution is 2.20. The van der Waals surface area contributed by atoms with Gasteiger partial charge >= 0.3 is 0 Å². The van der Waals surface area contributed by atoms with Gasteiger partial charge in [-0.2, -0.15) is 0 Å². The van der Waals surface area contributed by atoms with Crippen LogP contribution in [0.15, 0.2) is 59.4 Å². The van der Waals surface area contributed by atoms with Crippen LogP contribution in [-0.4, -0.2) is 10.1 Å². The van der Waals surface area contributed by atoms with E-state index < -0.39 is 5.60 Å². The van der Waals surface area contributed by atoms with Crippen LogP contribution < -0.4 is 5.56 Å². The minimum atomic E-state index is -0.848. The number of aromatic amines is 1. The maximum absolute atomic E-state index is 12.2. The molecule has 3 heteroatoms. The summed E-state index contributed by atoms with van der Waals surface area (Å²) in [7, 11) is 0. The average Bonchev–Trinajstić information content (AvgIpc) is 2.48. The molecule has 0 amide bonds. The lowest BCUT2D eigenvalue weighted by Gasteiger charge is -2.17. The van der Waals surface area contributed by atoms with Gasteiger partial charge in [0.25, 0.3) is 5.56 Å². The van der Waals surface area contributed by atoms with Crippen molar-refractivity contribution < 1.29 is 5.11 Å². The maximum atomic E-state index is 12.2. The predicted molar refractivity (Wildman–Crippen MR) is 89.1 cm³/mol. The monoisotopic (exact) mass is 293 g/mol. The highest BCUT2D eigenvalue weighted by atomic mass is 16.3. The molecule has 3 nitrogen and oxygen atoms in total. The Hall–Kier alpha value is -2.39. The molecule has 0 bridgehead atoms. The van der Waals surface area contributed by atoms with Crippen LogP contribution in [0.25, 0.3) is 10.9 Å². The van der Waals surface area contributed by atoms with Gasteiger partial charge in [0.2, 0.25) is 0 Å². The number of rotatable bonds is 3. The fraction of sp³-hybridized carbons (Fsp3) is 0.211. The standard InChI is InChI=1S/C19H19NO2/c1-19(2,22)16-9-7-13(8-10-16)11-15-12-14-5-3-4-6-17(14)20-18(15)21/h3-10,12,22H,11H2,1-2H3,(H,20,21). The van der Waals surface area contributed by atoms with Crippen molar-refractivity contribution in [2.45, 2.75) is 25.9 Å². The van der Waals surface area contributed by atoms with Gasteiger partial charge in [-0.15, -0.1) is 0 Å². The molecule has 0 spiro atoms. The lowest BCUT2D eigenvalue weighted by molar-refractivity contribution is 0.0786. The molecule has 1 aromatic heterocycles. The van der Waals surface area contributed by atoms with E-state index in [0.717, 1.165) is 27.6 Å². The van der Waals surface area contributed by atoms with E-state index in [2.05, 4.69) is 4.98 Å². The van der Waals surface area contributed by atoms with E-state index in [4.69, 9.17) is 0 Å². The van der Waals surface area contributed by atoms with Gasteiger partial charge in [-0.1, -0.05) is 42.5 Å². The Kier molecular flexibility index (Phi) is 3.59. The van der Waals surface area contributed by atoms with Gasteiger partial charge in [0.1, 0.15) is 0 Å². The number of H-pyrrole nitrogens is 1. The number of aliphatic hydroxyl groups is 1. The lowest BCUT2D eigenvalue weighted by Crippen LogP contribution is -2.15. The minimum absolute atomic E-state index is 0.0507. The summed E-state index contributed by atoms with van der Waals surface area (Å²) in [6.45, 7) is 3.52. The number of benzene rings is 2. The molecule has 0 fully saturated rings. The van der Waals surface area contributed by atoms with Crippen molar-refractivity contribution in [2.75, 3.05) is 0 Å². The second-order valence-corrected chi connectivity index (χ2v) is 6.14. The van der Waals surface area contributed by atoms with Crippen molar-refractivity contribution in [1.29, 1.82) is 0 Å². The van der Waals surface area contributed by atoms with E-state index in [1.165, 1.54) is 0 Å². The highest BCUT2D eigenvalue weighted by molar-refractivity contribution is 5.78. The zero-order valence-electron chi connectivity index (χ0n) is 12.8. The number of pyridine rings is 1. The first-order chi connectivity index (χ1) is 10.4. The molecule has 0 saturated carbocycles. The molecule has 3 rings (SSSR count). The van der Waals surface area contributed by atoms with Crippen LogP contribution in [0.1, 0.15) is 30.5 Å². The maximum Gasteiger partial charge on any atom is 0.251 e. The molecule has 2 aromatic carbocycles. The fourth-order valence-corrected chi connectivity index (χ4v) is 2.57. The van der Waals surface area contributed by atoms with Crippen LogP contribution in [0, 0.1) is 0 Å². The number of hydrogen-bond acceptors (Lipinski definition) is 2. The zero-order chi connectivity index (χ0) is 15.7. The summed E-state index contributed by atoms with van der Waals surface area (Å²) in [6.07, 6.45) is 0.576. The first-order valence-electron chi connectivity index (χ1n) is 7.36. The molecule has 0 aliphatic carbocycles. The van der Waals surface area contributed by atoms with E-state index in [1.807, 2.05) is 54.6 Å². The fourth-order valence-electron chi connectivity index (χ4n) is 2.57. The Bertz CT molecular complexity index is 855. The van der Waals surface area contributed by atoms with Crippen LogP contribution in [0.5, 0.6) is 0 Å². The molecule has 0 saturated heterocycles. The van der Waals surface area contributed by atoms with Gasteiger partial charge in [0.15, 0.2) is 0 Å². The van der Waals surface area contributed by atoms with Crippen LogP contribution in [0.2, 0.25) is 0 Å². The van der Waals surface area contributed by atoms with Gasteiger partial charge in [0.05, 0.1) is 5.60 Å². The van der Waals surface area contributed by atoms with E-state index in [-0.39, 0.29) is 5.56 Å². The first-order valence-corrected chi connectivity index (χ1v) is 7.36. The molecule has 0 unspecified atom stereocenters. The Morgan fingerprint density at radius 2 is 1.73 bits per heavy atom. The lowest BCUT2D eigenvalue weighted by atomic mass is 9.96. The average molecular weight is 293 g/mol. The molecular weight excluding hydrogens is 274 g/mol. The topological polar surface area (TPSA) is 53.1 Å². The highest BCUT2D eigenvalue weighted by Gasteiger charge is 2.15. The zero-order valence-corrected chi connectivity index (χ0v) is 12.8. The summed E-state index contributed by atoms with van der Waals surface area (Å²) < 4.78 is 0. The quantitative estimate of drug-likeness (QED) is 0.778. The SMILES string of the molecule is CC(C)(O)c1ccc(Cc2cc3ccccc3[nH]c2=O)cc1. The van der Waals surface area contributed by atoms with Crippen molar-refractivity contribution in [2.24, 2.45) is 0 Å². The molecule has 1 heterocycles. The minimum Gasteiger partial charge on any atom is -0.386 e. The summed E-state index contributed by atoms with van der Waals surface area (Å²) in [4.78, 5) is 15.1. The first kappa shape index (κ1) is 14.5. The molecule has 0 radical (unpaired) electrons. The molecule has 0 aliphatic rings. The summed E-state index contributed by atoms with van der Waals surface area (Å²) in [5.41, 5.74) is 2.62. The van der Waals surface area contributed by atoms with Crippen molar-refractivity contribution >= 4 is 10.9 Å². The predicted octanol–water partition coefficient (Wildman–Crippen LogP) is 3.35. The van der Waals surface area contributed by atoms with Crippen LogP contribution in [0.4, 0.5) is 0 Å². The van der Waals surface area contributed by atoms with E-state index in [1.54, 1.807) is 13.8 Å². The Balaban J connectivity index is 1.93. The van der Waals surface area contributed by atoms with Gasteiger partial charge in [-0.3, -0.25) is 4.79 Å². The number of para-hydroxylation sites is 1. The van der Waals surface area contributed by atoms with Crippen molar-refractivity contribution in [1.82, 2.24) is 4.98 Å². The molecule has 2 N–H and O–H groups in total. The van der Waals surface area contributed by atoms with Gasteiger partial charge in [0, 0.05) is 17.5 Å². The molecule has 0 atom stereocenters. The summed E-state index contributed by atoms with van der Waals surface area (Å²) in [5.74, 6) is 0. The molecule has 112 valence electrons. The second-order valence-electron chi connectivity index (χ2n) is 6.14. The van der Waals surface area contributed by atoms with Crippen molar-refractivity contribution in [3.05, 3.63) is 81.6 Å². The van der Waals surface area contributed by atoms with Crippen LogP contribution in [0.3, 0.4) is 0 Å². The largest absolute Gasteiger partial charge is 0.386 e. The third kappa shape index (κ3) is 2.95. The number of aromatic nitrogens is 1. The Morgan fingerprint density at radius 3 is 2.41 bits per heavy atom. The number of fused-ring (bicyclic) bond motifs is 1. The summed E-state index contributed by atoms with van der Waals surface area (Å²) >= 11 is 0. The summed E-state index contributed by atoms with van der Waals surface area (Å²) in [6, 6.07) is 17.4. The molecule has 3 aromatic rings. The normalized spacial score (nSPS) is 11.8. The van der Waals surface area contributed by atoms with Gasteiger partial charge in [-0.05, 0) is 42.5 Å². The molecule has 0 aliphatic heterocycles. The Morgan fingerprint density at radius 1 is 1.05 bits per heavy atom. The Labute approximate surface area is 129 Å². The smallest absolute Gasteiger partial charge is 0.251 e. The van der Waals surface area contributed by atoms with Crippen LogP contribution >= 0.6 is 0 Å². The second kappa shape index (κ2) is 5.43. The molecular formula is C19H19NO2. The third-order valence-corrected chi connectivity index (χ3v) is 3.89. The number of hydrogen-bond donors (Lipinski definition) is 2. The number of nitrogens with one attached hydrogen (secondary N) is 1. The van der Waals surface area contributed by atoms with Crippen molar-refractivity contribution in [3.63, 3.8) is 0 Å². The molecule has 22 heavy (non-hydrogen) atoms. The van der Waals surface area contributed by atoms with E-state index >= 15 is 0 Å².